The van der Waals surface area contributed by atoms with Gasteiger partial charge in [0, 0.05) is 28.4 Å². The van der Waals surface area contributed by atoms with Gasteiger partial charge in [-0.05, 0) is 64.8 Å². The van der Waals surface area contributed by atoms with Gasteiger partial charge < -0.3 is 16.4 Å². The quantitative estimate of drug-likeness (QED) is 0.518. The highest BCUT2D eigenvalue weighted by molar-refractivity contribution is 6.38. The minimum Gasteiger partial charge on any atom is -0.399 e. The Labute approximate surface area is 147 Å². The second-order valence-electron chi connectivity index (χ2n) is 7.84. The predicted octanol–water partition coefficient (Wildman–Crippen LogP) is 1.03. The third-order valence-electron chi connectivity index (χ3n) is 4.53. The molecular formula is C18H26N4O3. The topological polar surface area (TPSA) is 119 Å². The molecule has 3 amide bonds. The summed E-state index contributed by atoms with van der Waals surface area (Å²) >= 11 is 0. The van der Waals surface area contributed by atoms with Crippen molar-refractivity contribution in [2.45, 2.75) is 57.7 Å². The van der Waals surface area contributed by atoms with Crippen LogP contribution >= 0.6 is 0 Å². The maximum Gasteiger partial charge on any atom is 0.316 e. The van der Waals surface area contributed by atoms with Crippen LogP contribution in [0.3, 0.4) is 0 Å². The molecule has 7 nitrogen and oxygen atoms in total. The Hall–Kier alpha value is -2.41. The number of nitrogens with two attached hydrogens (primary N) is 2. The van der Waals surface area contributed by atoms with E-state index in [-0.39, 0.29) is 11.6 Å². The van der Waals surface area contributed by atoms with Gasteiger partial charge in [-0.2, -0.15) is 0 Å². The second kappa shape index (κ2) is 6.48. The molecule has 0 aromatic heterocycles. The van der Waals surface area contributed by atoms with Crippen LogP contribution in [-0.2, 0) is 9.59 Å². The summed E-state index contributed by atoms with van der Waals surface area (Å²) in [6.07, 6.45) is 1.17. The Morgan fingerprint density at radius 1 is 1.04 bits per heavy atom. The number of carbonyl (C=O) groups is 3. The SMILES string of the molecule is CC1(C)CC(N)CC(C)(C)N1C(=O)C(=O)NC(=O)c1ccc(N)cc1. The molecular weight excluding hydrogens is 320 g/mol. The van der Waals surface area contributed by atoms with Gasteiger partial charge in [0.1, 0.15) is 0 Å². The summed E-state index contributed by atoms with van der Waals surface area (Å²) in [7, 11) is 0. The molecule has 7 heteroatoms. The maximum absolute atomic E-state index is 12.8. The molecule has 0 bridgehead atoms. The van der Waals surface area contributed by atoms with E-state index in [1.165, 1.54) is 17.0 Å². The zero-order valence-electron chi connectivity index (χ0n) is 15.1. The summed E-state index contributed by atoms with van der Waals surface area (Å²) in [5, 5.41) is 2.16. The van der Waals surface area contributed by atoms with Gasteiger partial charge in [-0.15, -0.1) is 0 Å². The molecule has 5 N–H and O–H groups in total. The molecule has 0 radical (unpaired) electrons. The summed E-state index contributed by atoms with van der Waals surface area (Å²) in [4.78, 5) is 38.8. The van der Waals surface area contributed by atoms with Crippen LogP contribution in [0.1, 0.15) is 50.9 Å². The molecule has 0 saturated carbocycles. The average molecular weight is 346 g/mol. The Bertz CT molecular complexity index is 677. The number of piperidine rings is 1. The highest BCUT2D eigenvalue weighted by Crippen LogP contribution is 2.37. The monoisotopic (exact) mass is 346 g/mol. The van der Waals surface area contributed by atoms with Gasteiger partial charge >= 0.3 is 11.8 Å². The molecule has 1 saturated heterocycles. The molecule has 1 fully saturated rings. The van der Waals surface area contributed by atoms with E-state index in [0.717, 1.165) is 0 Å². The fourth-order valence-electron chi connectivity index (χ4n) is 3.87. The minimum atomic E-state index is -0.946. The van der Waals surface area contributed by atoms with Crippen molar-refractivity contribution in [1.82, 2.24) is 10.2 Å². The summed E-state index contributed by atoms with van der Waals surface area (Å²) < 4.78 is 0. The molecule has 1 aliphatic heterocycles. The lowest BCUT2D eigenvalue weighted by Gasteiger charge is -2.54. The van der Waals surface area contributed by atoms with Crippen LogP contribution in [-0.4, -0.2) is 39.7 Å². The van der Waals surface area contributed by atoms with Crippen molar-refractivity contribution < 1.29 is 14.4 Å². The first-order valence-corrected chi connectivity index (χ1v) is 8.25. The fraction of sp³-hybridized carbons (Fsp3) is 0.500. The molecule has 136 valence electrons. The van der Waals surface area contributed by atoms with Crippen LogP contribution in [0.25, 0.3) is 0 Å². The number of imide groups is 1. The molecule has 25 heavy (non-hydrogen) atoms. The van der Waals surface area contributed by atoms with E-state index < -0.39 is 28.8 Å². The molecule has 0 unspecified atom stereocenters. The molecule has 0 spiro atoms. The van der Waals surface area contributed by atoms with E-state index in [0.29, 0.717) is 18.5 Å². The average Bonchev–Trinajstić information content (AvgIpc) is 2.44. The molecule has 1 heterocycles. The van der Waals surface area contributed by atoms with E-state index in [1.807, 2.05) is 27.7 Å². The first-order valence-electron chi connectivity index (χ1n) is 8.25. The highest BCUT2D eigenvalue weighted by atomic mass is 16.2. The Kier molecular flexibility index (Phi) is 4.90. The number of benzene rings is 1. The van der Waals surface area contributed by atoms with Crippen molar-refractivity contribution >= 4 is 23.4 Å². The van der Waals surface area contributed by atoms with E-state index >= 15 is 0 Å². The number of nitrogen functional groups attached to an aromatic ring is 1. The van der Waals surface area contributed by atoms with E-state index in [1.54, 1.807) is 12.1 Å². The lowest BCUT2D eigenvalue weighted by atomic mass is 9.77. The van der Waals surface area contributed by atoms with Gasteiger partial charge in [0.05, 0.1) is 0 Å². The molecule has 1 aliphatic rings. The molecule has 0 aliphatic carbocycles. The lowest BCUT2D eigenvalue weighted by molar-refractivity contribution is -0.158. The van der Waals surface area contributed by atoms with Gasteiger partial charge in [0.15, 0.2) is 0 Å². The molecule has 1 aromatic carbocycles. The van der Waals surface area contributed by atoms with Crippen LogP contribution in [0, 0.1) is 0 Å². The zero-order valence-corrected chi connectivity index (χ0v) is 15.1. The highest BCUT2D eigenvalue weighted by Gasteiger charge is 2.48. The van der Waals surface area contributed by atoms with Crippen LogP contribution in [0.2, 0.25) is 0 Å². The fourth-order valence-corrected chi connectivity index (χ4v) is 3.87. The van der Waals surface area contributed by atoms with Crippen LogP contribution in [0.4, 0.5) is 5.69 Å². The zero-order chi connectivity index (χ0) is 19.0. The largest absolute Gasteiger partial charge is 0.399 e. The molecule has 1 aromatic rings. The van der Waals surface area contributed by atoms with Crippen molar-refractivity contribution in [3.8, 4) is 0 Å². The number of rotatable bonds is 1. The van der Waals surface area contributed by atoms with Crippen molar-refractivity contribution in [3.05, 3.63) is 29.8 Å². The van der Waals surface area contributed by atoms with Gasteiger partial charge in [0.2, 0.25) is 0 Å². The first kappa shape index (κ1) is 18.9. The third kappa shape index (κ3) is 3.99. The van der Waals surface area contributed by atoms with Gasteiger partial charge in [-0.25, -0.2) is 0 Å². The molecule has 0 atom stereocenters. The number of anilines is 1. The number of nitrogens with zero attached hydrogens (tertiary/aromatic N) is 1. The standard InChI is InChI=1S/C18H26N4O3/c1-17(2)9-13(20)10-18(3,4)22(17)16(25)15(24)21-14(23)11-5-7-12(19)8-6-11/h5-8,13H,9-10,19-20H2,1-4H3,(H,21,23,24). The summed E-state index contributed by atoms with van der Waals surface area (Å²) in [6.45, 7) is 7.50. The number of hydrogen-bond donors (Lipinski definition) is 3. The number of likely N-dealkylation sites (tertiary alicyclic amines) is 1. The van der Waals surface area contributed by atoms with Crippen molar-refractivity contribution in [2.75, 3.05) is 5.73 Å². The second-order valence-corrected chi connectivity index (χ2v) is 7.84. The normalized spacial score (nSPS) is 19.3. The number of carbonyl (C=O) groups excluding carboxylic acids is 3. The van der Waals surface area contributed by atoms with E-state index in [9.17, 15) is 14.4 Å². The smallest absolute Gasteiger partial charge is 0.316 e. The van der Waals surface area contributed by atoms with Crippen molar-refractivity contribution in [2.24, 2.45) is 5.73 Å². The van der Waals surface area contributed by atoms with Crippen LogP contribution < -0.4 is 16.8 Å². The molecule has 2 rings (SSSR count). The van der Waals surface area contributed by atoms with Gasteiger partial charge in [-0.1, -0.05) is 0 Å². The van der Waals surface area contributed by atoms with Crippen molar-refractivity contribution in [3.63, 3.8) is 0 Å². The number of hydrogen-bond acceptors (Lipinski definition) is 5. The third-order valence-corrected chi connectivity index (χ3v) is 4.53. The lowest BCUT2D eigenvalue weighted by Crippen LogP contribution is -2.67. The number of nitrogens with one attached hydrogen (secondary N) is 1. The van der Waals surface area contributed by atoms with Crippen molar-refractivity contribution in [1.29, 1.82) is 0 Å². The van der Waals surface area contributed by atoms with E-state index in [4.69, 9.17) is 11.5 Å². The minimum absolute atomic E-state index is 0.0477. The Balaban J connectivity index is 2.17. The van der Waals surface area contributed by atoms with Gasteiger partial charge in [0.25, 0.3) is 5.91 Å². The Morgan fingerprint density at radius 2 is 1.52 bits per heavy atom. The summed E-state index contributed by atoms with van der Waals surface area (Å²) in [5.74, 6) is -2.31. The predicted molar refractivity (Wildman–Crippen MR) is 95.5 cm³/mol. The maximum atomic E-state index is 12.8. The summed E-state index contributed by atoms with van der Waals surface area (Å²) in [5.41, 5.74) is 11.3. The van der Waals surface area contributed by atoms with E-state index in [2.05, 4.69) is 5.32 Å². The summed E-state index contributed by atoms with van der Waals surface area (Å²) in [6, 6.07) is 6.05. The van der Waals surface area contributed by atoms with Crippen LogP contribution in [0.5, 0.6) is 0 Å². The number of amides is 3. The van der Waals surface area contributed by atoms with Crippen LogP contribution in [0.15, 0.2) is 24.3 Å². The Morgan fingerprint density at radius 3 is 2.00 bits per heavy atom. The van der Waals surface area contributed by atoms with Gasteiger partial charge in [-0.3, -0.25) is 19.7 Å². The first-order chi connectivity index (χ1) is 11.4.